The fourth-order valence-corrected chi connectivity index (χ4v) is 4.08. The van der Waals surface area contributed by atoms with Gasteiger partial charge in [0.2, 0.25) is 0 Å². The third-order valence-corrected chi connectivity index (χ3v) is 5.63. The number of aryl methyl sites for hydroxylation is 2. The van der Waals surface area contributed by atoms with Gasteiger partial charge >= 0.3 is 0 Å². The lowest BCUT2D eigenvalue weighted by atomic mass is 10.1. The van der Waals surface area contributed by atoms with Gasteiger partial charge < -0.3 is 9.80 Å². The largest absolute Gasteiger partial charge is 0.365 e. The number of aromatic nitrogens is 2. The van der Waals surface area contributed by atoms with Crippen molar-refractivity contribution in [1.29, 1.82) is 0 Å². The van der Waals surface area contributed by atoms with Crippen molar-refractivity contribution in [2.45, 2.75) is 13.8 Å². The molecule has 1 aliphatic heterocycles. The van der Waals surface area contributed by atoms with Crippen LogP contribution in [0, 0.1) is 13.8 Å². The van der Waals surface area contributed by atoms with Crippen LogP contribution in [0.4, 0.5) is 5.69 Å². The monoisotopic (exact) mass is 422 g/mol. The lowest BCUT2D eigenvalue weighted by Gasteiger charge is -2.36. The van der Waals surface area contributed by atoms with Gasteiger partial charge in [-0.15, -0.1) is 0 Å². The average Bonchev–Trinajstić information content (AvgIpc) is 2.75. The van der Waals surface area contributed by atoms with Crippen molar-refractivity contribution < 1.29 is 4.79 Å². The standard InChI is InChI=1S/C23H23ClN4O2/c1-16-12-17(2)14-18(13-16)22(29)27-10-8-26(9-11-27)20-15-25-28(23(30)21(20)24)19-6-4-3-5-7-19/h3-7,12-15H,8-11H2,1-2H3. The fourth-order valence-electron chi connectivity index (χ4n) is 3.83. The summed E-state index contributed by atoms with van der Waals surface area (Å²) >= 11 is 6.42. The van der Waals surface area contributed by atoms with Crippen LogP contribution in [-0.2, 0) is 0 Å². The molecule has 1 saturated heterocycles. The Morgan fingerprint density at radius 3 is 2.23 bits per heavy atom. The summed E-state index contributed by atoms with van der Waals surface area (Å²) < 4.78 is 1.30. The zero-order valence-corrected chi connectivity index (χ0v) is 17.8. The summed E-state index contributed by atoms with van der Waals surface area (Å²) in [4.78, 5) is 29.5. The van der Waals surface area contributed by atoms with E-state index in [2.05, 4.69) is 11.2 Å². The molecule has 1 fully saturated rings. The maximum absolute atomic E-state index is 12.9. The van der Waals surface area contributed by atoms with Gasteiger partial charge in [0.25, 0.3) is 11.5 Å². The number of carbonyl (C=O) groups excluding carboxylic acids is 1. The third kappa shape index (κ3) is 3.96. The molecule has 1 aromatic heterocycles. The highest BCUT2D eigenvalue weighted by atomic mass is 35.5. The van der Waals surface area contributed by atoms with E-state index >= 15 is 0 Å². The van der Waals surface area contributed by atoms with Crippen LogP contribution in [0.3, 0.4) is 0 Å². The van der Waals surface area contributed by atoms with E-state index in [1.165, 1.54) is 4.68 Å². The van der Waals surface area contributed by atoms with Gasteiger partial charge in [-0.25, -0.2) is 0 Å². The van der Waals surface area contributed by atoms with Crippen LogP contribution in [0.15, 0.2) is 59.5 Å². The number of anilines is 1. The number of carbonyl (C=O) groups is 1. The summed E-state index contributed by atoms with van der Waals surface area (Å²) in [5.74, 6) is 0.0326. The van der Waals surface area contributed by atoms with Crippen LogP contribution in [0.1, 0.15) is 21.5 Å². The molecule has 6 nitrogen and oxygen atoms in total. The first kappa shape index (κ1) is 20.2. The van der Waals surface area contributed by atoms with Gasteiger partial charge in [0, 0.05) is 31.7 Å². The summed E-state index contributed by atoms with van der Waals surface area (Å²) in [6, 6.07) is 15.1. The Morgan fingerprint density at radius 1 is 0.967 bits per heavy atom. The minimum absolute atomic E-state index is 0.0326. The Morgan fingerprint density at radius 2 is 1.60 bits per heavy atom. The summed E-state index contributed by atoms with van der Waals surface area (Å²) in [5.41, 5.74) is 3.79. The first-order valence-corrected chi connectivity index (χ1v) is 10.3. The molecule has 0 radical (unpaired) electrons. The third-order valence-electron chi connectivity index (χ3n) is 5.28. The number of hydrogen-bond acceptors (Lipinski definition) is 4. The van der Waals surface area contributed by atoms with E-state index in [0.717, 1.165) is 11.1 Å². The predicted molar refractivity (Wildman–Crippen MR) is 119 cm³/mol. The zero-order valence-electron chi connectivity index (χ0n) is 17.0. The van der Waals surface area contributed by atoms with E-state index in [-0.39, 0.29) is 16.5 Å². The second-order valence-electron chi connectivity index (χ2n) is 7.55. The van der Waals surface area contributed by atoms with Gasteiger partial charge in [0.1, 0.15) is 5.02 Å². The molecule has 4 rings (SSSR count). The Hall–Kier alpha value is -3.12. The number of rotatable bonds is 3. The first-order chi connectivity index (χ1) is 14.4. The molecule has 2 heterocycles. The molecular weight excluding hydrogens is 400 g/mol. The van der Waals surface area contributed by atoms with Crippen LogP contribution >= 0.6 is 11.6 Å². The number of hydrogen-bond donors (Lipinski definition) is 0. The number of para-hydroxylation sites is 1. The maximum Gasteiger partial charge on any atom is 0.292 e. The topological polar surface area (TPSA) is 58.4 Å². The molecule has 7 heteroatoms. The Labute approximate surface area is 180 Å². The molecule has 0 spiro atoms. The second-order valence-corrected chi connectivity index (χ2v) is 7.93. The molecule has 1 amide bonds. The van der Waals surface area contributed by atoms with Crippen molar-refractivity contribution in [1.82, 2.24) is 14.7 Å². The molecule has 2 aromatic carbocycles. The Kier molecular flexibility index (Phi) is 5.59. The molecule has 0 N–H and O–H groups in total. The molecule has 0 aliphatic carbocycles. The van der Waals surface area contributed by atoms with Crippen LogP contribution in [0.2, 0.25) is 5.02 Å². The van der Waals surface area contributed by atoms with Crippen LogP contribution < -0.4 is 10.5 Å². The Bertz CT molecular complexity index is 1120. The van der Waals surface area contributed by atoms with E-state index in [1.807, 2.05) is 66.1 Å². The number of benzene rings is 2. The second kappa shape index (κ2) is 8.32. The summed E-state index contributed by atoms with van der Waals surface area (Å²) in [6.45, 7) is 6.29. The van der Waals surface area contributed by atoms with Crippen molar-refractivity contribution in [2.75, 3.05) is 31.1 Å². The minimum Gasteiger partial charge on any atom is -0.365 e. The summed E-state index contributed by atoms with van der Waals surface area (Å²) in [7, 11) is 0. The van der Waals surface area contributed by atoms with Gasteiger partial charge in [-0.2, -0.15) is 9.78 Å². The number of amides is 1. The molecule has 30 heavy (non-hydrogen) atoms. The van der Waals surface area contributed by atoms with E-state index in [9.17, 15) is 9.59 Å². The lowest BCUT2D eigenvalue weighted by molar-refractivity contribution is 0.0746. The van der Waals surface area contributed by atoms with Crippen molar-refractivity contribution in [3.8, 4) is 5.69 Å². The zero-order chi connectivity index (χ0) is 21.3. The molecule has 3 aromatic rings. The average molecular weight is 423 g/mol. The smallest absolute Gasteiger partial charge is 0.292 e. The molecule has 0 atom stereocenters. The predicted octanol–water partition coefficient (Wildman–Crippen LogP) is 3.47. The molecule has 1 aliphatic rings. The number of halogens is 1. The highest BCUT2D eigenvalue weighted by Crippen LogP contribution is 2.23. The van der Waals surface area contributed by atoms with E-state index in [1.54, 1.807) is 6.20 Å². The van der Waals surface area contributed by atoms with Crippen LogP contribution in [-0.4, -0.2) is 46.8 Å². The first-order valence-electron chi connectivity index (χ1n) is 9.90. The SMILES string of the molecule is Cc1cc(C)cc(C(=O)N2CCN(c3cnn(-c4ccccc4)c(=O)c3Cl)CC2)c1. The molecule has 154 valence electrons. The minimum atomic E-state index is -0.353. The Balaban J connectivity index is 1.50. The van der Waals surface area contributed by atoms with Crippen LogP contribution in [0.25, 0.3) is 5.69 Å². The van der Waals surface area contributed by atoms with E-state index in [0.29, 0.717) is 43.1 Å². The lowest BCUT2D eigenvalue weighted by Crippen LogP contribution is -2.49. The van der Waals surface area contributed by atoms with Gasteiger partial charge in [-0.1, -0.05) is 47.0 Å². The summed E-state index contributed by atoms with van der Waals surface area (Å²) in [6.07, 6.45) is 1.62. The van der Waals surface area contributed by atoms with Crippen molar-refractivity contribution in [3.05, 3.63) is 86.8 Å². The van der Waals surface area contributed by atoms with E-state index in [4.69, 9.17) is 11.6 Å². The van der Waals surface area contributed by atoms with Gasteiger partial charge in [0.05, 0.1) is 17.6 Å². The van der Waals surface area contributed by atoms with Gasteiger partial charge in [-0.05, 0) is 38.1 Å². The van der Waals surface area contributed by atoms with Crippen molar-refractivity contribution >= 4 is 23.2 Å². The normalized spacial score (nSPS) is 14.1. The number of nitrogens with zero attached hydrogens (tertiary/aromatic N) is 4. The molecular formula is C23H23ClN4O2. The van der Waals surface area contributed by atoms with E-state index < -0.39 is 0 Å². The van der Waals surface area contributed by atoms with Gasteiger partial charge in [-0.3, -0.25) is 9.59 Å². The fraction of sp³-hybridized carbons (Fsp3) is 0.261. The van der Waals surface area contributed by atoms with Gasteiger partial charge in [0.15, 0.2) is 0 Å². The highest BCUT2D eigenvalue weighted by Gasteiger charge is 2.25. The van der Waals surface area contributed by atoms with Crippen LogP contribution in [0.5, 0.6) is 0 Å². The maximum atomic E-state index is 12.9. The quantitative estimate of drug-likeness (QED) is 0.648. The molecule has 0 bridgehead atoms. The molecule has 0 unspecified atom stereocenters. The van der Waals surface area contributed by atoms with Crippen molar-refractivity contribution in [2.24, 2.45) is 0 Å². The molecule has 0 saturated carbocycles. The number of piperazine rings is 1. The summed E-state index contributed by atoms with van der Waals surface area (Å²) in [5, 5.41) is 4.44. The highest BCUT2D eigenvalue weighted by molar-refractivity contribution is 6.33. The van der Waals surface area contributed by atoms with Crippen molar-refractivity contribution in [3.63, 3.8) is 0 Å².